The summed E-state index contributed by atoms with van der Waals surface area (Å²) in [6.07, 6.45) is 5.77. The number of rotatable bonds is 8. The van der Waals surface area contributed by atoms with Crippen LogP contribution in [-0.4, -0.2) is 39.2 Å². The number of ether oxygens (including phenoxy) is 1. The molecule has 1 saturated carbocycles. The molecule has 174 valence electrons. The van der Waals surface area contributed by atoms with Gasteiger partial charge in [0.05, 0.1) is 24.5 Å². The highest BCUT2D eigenvalue weighted by Crippen LogP contribution is 2.44. The van der Waals surface area contributed by atoms with E-state index >= 15 is 0 Å². The van der Waals surface area contributed by atoms with Crippen LogP contribution in [0.25, 0.3) is 10.2 Å². The molecule has 0 bridgehead atoms. The van der Waals surface area contributed by atoms with Gasteiger partial charge in [-0.05, 0) is 50.5 Å². The molecule has 1 unspecified atom stereocenters. The Morgan fingerprint density at radius 1 is 1.24 bits per heavy atom. The number of hydrogen-bond acceptors (Lipinski definition) is 9. The first kappa shape index (κ1) is 22.7. The molecular weight excluding hydrogens is 476 g/mol. The number of nitrogens with zero attached hydrogens (tertiary/aromatic N) is 3. The summed E-state index contributed by atoms with van der Waals surface area (Å²) in [4.78, 5) is 41.0. The van der Waals surface area contributed by atoms with Crippen molar-refractivity contribution in [2.45, 2.75) is 63.3 Å². The molecule has 2 aliphatic carbocycles. The van der Waals surface area contributed by atoms with E-state index in [9.17, 15) is 9.59 Å². The van der Waals surface area contributed by atoms with Crippen molar-refractivity contribution in [1.82, 2.24) is 15.0 Å². The normalized spacial score (nSPS) is 17.7. The summed E-state index contributed by atoms with van der Waals surface area (Å²) in [6.45, 7) is 4.42. The molecule has 0 aromatic carbocycles. The minimum Gasteiger partial charge on any atom is -0.466 e. The number of aryl methyl sites for hydroxylation is 1. The third-order valence-corrected chi connectivity index (χ3v) is 8.78. The Morgan fingerprint density at radius 3 is 2.88 bits per heavy atom. The van der Waals surface area contributed by atoms with Crippen molar-refractivity contribution >= 4 is 61.7 Å². The number of thioether (sulfide) groups is 1. The quantitative estimate of drug-likeness (QED) is 0.264. The SMILES string of the molecule is CCOC(=O)Cc1csc(NC(=O)CSc2nc(C3CC3)nc3sc4c(c23)CCC(C)C4)n1. The number of thiazole rings is 1. The lowest BCUT2D eigenvalue weighted by molar-refractivity contribution is -0.142. The highest BCUT2D eigenvalue weighted by Gasteiger charge is 2.30. The van der Waals surface area contributed by atoms with Crippen molar-refractivity contribution < 1.29 is 14.3 Å². The minimum absolute atomic E-state index is 0.111. The average molecular weight is 503 g/mol. The highest BCUT2D eigenvalue weighted by molar-refractivity contribution is 8.00. The van der Waals surface area contributed by atoms with E-state index < -0.39 is 0 Å². The fourth-order valence-corrected chi connectivity index (χ4v) is 7.09. The van der Waals surface area contributed by atoms with Crippen LogP contribution >= 0.6 is 34.4 Å². The van der Waals surface area contributed by atoms with Gasteiger partial charge in [-0.1, -0.05) is 18.7 Å². The predicted octanol–water partition coefficient (Wildman–Crippen LogP) is 4.99. The Hall–Kier alpha value is -2.04. The van der Waals surface area contributed by atoms with Crippen LogP contribution in [0.1, 0.15) is 61.0 Å². The molecule has 7 nitrogen and oxygen atoms in total. The van der Waals surface area contributed by atoms with E-state index in [0.717, 1.165) is 46.8 Å². The summed E-state index contributed by atoms with van der Waals surface area (Å²) < 4.78 is 4.95. The molecule has 1 fully saturated rings. The zero-order valence-corrected chi connectivity index (χ0v) is 21.1. The molecule has 2 aliphatic rings. The van der Waals surface area contributed by atoms with Crippen molar-refractivity contribution in [3.8, 4) is 0 Å². The van der Waals surface area contributed by atoms with E-state index in [1.54, 1.807) is 12.3 Å². The van der Waals surface area contributed by atoms with E-state index in [4.69, 9.17) is 14.7 Å². The fraction of sp³-hybridized carbons (Fsp3) is 0.522. The molecule has 0 saturated heterocycles. The van der Waals surface area contributed by atoms with E-state index in [1.807, 2.05) is 11.3 Å². The number of anilines is 1. The van der Waals surface area contributed by atoms with Gasteiger partial charge in [0.15, 0.2) is 5.13 Å². The standard InChI is InChI=1S/C23H26N4O3S3/c1-3-30-18(29)9-14-10-32-23(24-14)25-17(28)11-31-21-19-15-7-4-12(2)8-16(15)33-22(19)27-20(26-21)13-5-6-13/h10,12-13H,3-9,11H2,1-2H3,(H,24,25,28). The van der Waals surface area contributed by atoms with Crippen molar-refractivity contribution in [2.75, 3.05) is 17.7 Å². The second-order valence-electron chi connectivity index (χ2n) is 8.66. The number of thiophene rings is 1. The van der Waals surface area contributed by atoms with Crippen LogP contribution in [0.4, 0.5) is 5.13 Å². The minimum atomic E-state index is -0.316. The topological polar surface area (TPSA) is 94.1 Å². The van der Waals surface area contributed by atoms with Crippen LogP contribution < -0.4 is 5.32 Å². The molecule has 1 amide bonds. The first-order valence-corrected chi connectivity index (χ1v) is 14.0. The van der Waals surface area contributed by atoms with Gasteiger partial charge >= 0.3 is 5.97 Å². The average Bonchev–Trinajstić information content (AvgIpc) is 3.44. The number of aromatic nitrogens is 3. The molecule has 1 N–H and O–H groups in total. The Labute approximate surface area is 204 Å². The Kier molecular flexibility index (Phi) is 6.67. The van der Waals surface area contributed by atoms with Crippen molar-refractivity contribution in [3.63, 3.8) is 0 Å². The van der Waals surface area contributed by atoms with Crippen LogP contribution in [0.2, 0.25) is 0 Å². The first-order chi connectivity index (χ1) is 16.0. The summed E-state index contributed by atoms with van der Waals surface area (Å²) in [5.74, 6) is 1.91. The van der Waals surface area contributed by atoms with Crippen LogP contribution in [0, 0.1) is 5.92 Å². The number of nitrogens with one attached hydrogen (secondary N) is 1. The molecule has 0 spiro atoms. The van der Waals surface area contributed by atoms with Crippen molar-refractivity contribution in [3.05, 3.63) is 27.3 Å². The Balaban J connectivity index is 1.29. The molecule has 5 rings (SSSR count). The van der Waals surface area contributed by atoms with E-state index in [-0.39, 0.29) is 24.1 Å². The summed E-state index contributed by atoms with van der Waals surface area (Å²) >= 11 is 4.61. The molecule has 3 aromatic rings. The summed E-state index contributed by atoms with van der Waals surface area (Å²) in [6, 6.07) is 0. The van der Waals surface area contributed by atoms with Gasteiger partial charge in [0, 0.05) is 21.6 Å². The van der Waals surface area contributed by atoms with Gasteiger partial charge in [-0.2, -0.15) is 0 Å². The number of amides is 1. The van der Waals surface area contributed by atoms with Crippen LogP contribution in [0.3, 0.4) is 0 Å². The van der Waals surface area contributed by atoms with Crippen LogP contribution in [0.15, 0.2) is 10.4 Å². The van der Waals surface area contributed by atoms with Crippen LogP contribution in [0.5, 0.6) is 0 Å². The fourth-order valence-electron chi connectivity index (χ4n) is 4.05. The Bertz CT molecular complexity index is 1200. The third-order valence-electron chi connectivity index (χ3n) is 5.85. The van der Waals surface area contributed by atoms with Crippen molar-refractivity contribution in [1.29, 1.82) is 0 Å². The molecule has 10 heteroatoms. The summed E-state index contributed by atoms with van der Waals surface area (Å²) in [5.41, 5.74) is 1.99. The number of carbonyl (C=O) groups is 2. The second-order valence-corrected chi connectivity index (χ2v) is 11.6. The monoisotopic (exact) mass is 502 g/mol. The zero-order chi connectivity index (χ0) is 22.9. The van der Waals surface area contributed by atoms with E-state index in [0.29, 0.717) is 29.3 Å². The second kappa shape index (κ2) is 9.68. The summed E-state index contributed by atoms with van der Waals surface area (Å²) in [7, 11) is 0. The predicted molar refractivity (Wildman–Crippen MR) is 132 cm³/mol. The van der Waals surface area contributed by atoms with Gasteiger partial charge in [-0.25, -0.2) is 15.0 Å². The molecule has 0 aliphatic heterocycles. The summed E-state index contributed by atoms with van der Waals surface area (Å²) in [5, 5.41) is 7.22. The third kappa shape index (κ3) is 5.22. The molecule has 3 heterocycles. The lowest BCUT2D eigenvalue weighted by atomic mass is 9.89. The maximum atomic E-state index is 12.7. The van der Waals surface area contributed by atoms with Gasteiger partial charge in [0.25, 0.3) is 0 Å². The maximum Gasteiger partial charge on any atom is 0.311 e. The largest absolute Gasteiger partial charge is 0.466 e. The lowest BCUT2D eigenvalue weighted by Crippen LogP contribution is -2.14. The Morgan fingerprint density at radius 2 is 2.09 bits per heavy atom. The lowest BCUT2D eigenvalue weighted by Gasteiger charge is -2.18. The van der Waals surface area contributed by atoms with Gasteiger partial charge in [-0.15, -0.1) is 22.7 Å². The highest BCUT2D eigenvalue weighted by atomic mass is 32.2. The van der Waals surface area contributed by atoms with Gasteiger partial charge in [-0.3, -0.25) is 9.59 Å². The molecule has 33 heavy (non-hydrogen) atoms. The zero-order valence-electron chi connectivity index (χ0n) is 18.7. The number of carbonyl (C=O) groups excluding carboxylic acids is 2. The first-order valence-electron chi connectivity index (χ1n) is 11.3. The smallest absolute Gasteiger partial charge is 0.311 e. The van der Waals surface area contributed by atoms with Gasteiger partial charge in [0.2, 0.25) is 5.91 Å². The van der Waals surface area contributed by atoms with E-state index in [1.165, 1.54) is 40.0 Å². The molecule has 1 atom stereocenters. The molecule has 3 aromatic heterocycles. The number of fused-ring (bicyclic) bond motifs is 3. The number of esters is 1. The molecule has 0 radical (unpaired) electrons. The van der Waals surface area contributed by atoms with E-state index in [2.05, 4.69) is 17.2 Å². The van der Waals surface area contributed by atoms with Crippen LogP contribution in [-0.2, 0) is 33.6 Å². The van der Waals surface area contributed by atoms with Gasteiger partial charge in [0.1, 0.15) is 15.7 Å². The number of hydrogen-bond donors (Lipinski definition) is 1. The maximum absolute atomic E-state index is 12.7. The van der Waals surface area contributed by atoms with Gasteiger partial charge < -0.3 is 10.1 Å². The molecular formula is C23H26N4O3S3. The van der Waals surface area contributed by atoms with Crippen molar-refractivity contribution in [2.24, 2.45) is 5.92 Å².